The third kappa shape index (κ3) is 3.36. The first-order valence-corrected chi connectivity index (χ1v) is 9.60. The van der Waals surface area contributed by atoms with Crippen LogP contribution < -0.4 is 0 Å². The highest BCUT2D eigenvalue weighted by molar-refractivity contribution is 7.99. The van der Waals surface area contributed by atoms with Crippen molar-refractivity contribution in [2.75, 3.05) is 5.75 Å². The second kappa shape index (κ2) is 6.68. The van der Waals surface area contributed by atoms with Gasteiger partial charge in [-0.25, -0.2) is 8.78 Å². The number of aromatic nitrogens is 3. The molecule has 1 fully saturated rings. The lowest BCUT2D eigenvalue weighted by atomic mass is 10.1. The molecule has 0 N–H and O–H groups in total. The van der Waals surface area contributed by atoms with Crippen LogP contribution in [0.15, 0.2) is 40.9 Å². The standard InChI is InChI=1S/C17H13F2N3OS2/c18-10-3-6-13(19)12(8-10)14(23)9-25-17-21-20-16(15-2-1-7-24-15)22(17)11-4-5-11/h1-3,6-8,11H,4-5,9H2. The van der Waals surface area contributed by atoms with Crippen LogP contribution >= 0.6 is 23.1 Å². The first kappa shape index (κ1) is 16.4. The van der Waals surface area contributed by atoms with Gasteiger partial charge in [0.1, 0.15) is 11.6 Å². The van der Waals surface area contributed by atoms with Crippen LogP contribution in [-0.4, -0.2) is 26.3 Å². The van der Waals surface area contributed by atoms with E-state index in [4.69, 9.17) is 0 Å². The van der Waals surface area contributed by atoms with Crippen LogP contribution in [0.1, 0.15) is 29.2 Å². The Morgan fingerprint density at radius 2 is 2.12 bits per heavy atom. The van der Waals surface area contributed by atoms with Crippen molar-refractivity contribution in [3.63, 3.8) is 0 Å². The van der Waals surface area contributed by atoms with E-state index in [0.717, 1.165) is 41.7 Å². The summed E-state index contributed by atoms with van der Waals surface area (Å²) in [5.74, 6) is -1.03. The number of rotatable bonds is 6. The maximum Gasteiger partial charge on any atom is 0.192 e. The van der Waals surface area contributed by atoms with Crippen molar-refractivity contribution in [3.8, 4) is 10.7 Å². The van der Waals surface area contributed by atoms with E-state index in [2.05, 4.69) is 10.2 Å². The minimum Gasteiger partial charge on any atom is -0.298 e. The number of hydrogen-bond donors (Lipinski definition) is 0. The fourth-order valence-electron chi connectivity index (χ4n) is 2.53. The fourth-order valence-corrected chi connectivity index (χ4v) is 4.12. The molecule has 1 aliphatic rings. The number of Topliss-reactive ketones (excluding diaryl/α,β-unsaturated/α-hetero) is 1. The number of benzene rings is 1. The van der Waals surface area contributed by atoms with E-state index in [-0.39, 0.29) is 11.3 Å². The molecule has 3 aromatic rings. The third-order valence-corrected chi connectivity index (χ3v) is 5.69. The molecule has 0 unspecified atom stereocenters. The van der Waals surface area contributed by atoms with Crippen LogP contribution in [-0.2, 0) is 0 Å². The molecule has 1 aromatic carbocycles. The van der Waals surface area contributed by atoms with Crippen LogP contribution in [0.2, 0.25) is 0 Å². The molecule has 1 aliphatic carbocycles. The molecule has 128 valence electrons. The lowest BCUT2D eigenvalue weighted by Crippen LogP contribution is -2.07. The van der Waals surface area contributed by atoms with Gasteiger partial charge >= 0.3 is 0 Å². The molecule has 0 radical (unpaired) electrons. The van der Waals surface area contributed by atoms with Gasteiger partial charge in [-0.3, -0.25) is 9.36 Å². The Morgan fingerprint density at radius 1 is 1.28 bits per heavy atom. The number of ketones is 1. The number of thioether (sulfide) groups is 1. The van der Waals surface area contributed by atoms with E-state index in [1.807, 2.05) is 22.1 Å². The van der Waals surface area contributed by atoms with Crippen LogP contribution in [0.25, 0.3) is 10.7 Å². The summed E-state index contributed by atoms with van der Waals surface area (Å²) in [6.07, 6.45) is 2.10. The average Bonchev–Trinajstić information content (AvgIpc) is 3.13. The summed E-state index contributed by atoms with van der Waals surface area (Å²) in [6.45, 7) is 0. The van der Waals surface area contributed by atoms with Gasteiger partial charge in [-0.2, -0.15) is 0 Å². The van der Waals surface area contributed by atoms with Gasteiger partial charge < -0.3 is 0 Å². The second-order valence-electron chi connectivity index (χ2n) is 5.72. The lowest BCUT2D eigenvalue weighted by molar-refractivity contribution is 0.101. The normalized spacial score (nSPS) is 14.0. The van der Waals surface area contributed by atoms with E-state index in [0.29, 0.717) is 11.2 Å². The minimum atomic E-state index is -0.713. The van der Waals surface area contributed by atoms with Crippen molar-refractivity contribution >= 4 is 28.9 Å². The summed E-state index contributed by atoms with van der Waals surface area (Å²) in [5, 5.41) is 11.1. The van der Waals surface area contributed by atoms with E-state index >= 15 is 0 Å². The Balaban J connectivity index is 1.55. The quantitative estimate of drug-likeness (QED) is 0.465. The first-order chi connectivity index (χ1) is 12.1. The number of hydrogen-bond acceptors (Lipinski definition) is 5. The molecule has 2 heterocycles. The average molecular weight is 377 g/mol. The number of carbonyl (C=O) groups is 1. The molecule has 0 saturated heterocycles. The van der Waals surface area contributed by atoms with Gasteiger partial charge in [0.15, 0.2) is 16.8 Å². The van der Waals surface area contributed by atoms with Crippen molar-refractivity contribution in [2.45, 2.75) is 24.0 Å². The molecule has 0 bridgehead atoms. The highest BCUT2D eigenvalue weighted by Gasteiger charge is 2.30. The highest BCUT2D eigenvalue weighted by Crippen LogP contribution is 2.41. The van der Waals surface area contributed by atoms with Gasteiger partial charge in [-0.1, -0.05) is 17.8 Å². The molecule has 0 spiro atoms. The summed E-state index contributed by atoms with van der Waals surface area (Å²) >= 11 is 2.79. The predicted molar refractivity (Wildman–Crippen MR) is 93.0 cm³/mol. The summed E-state index contributed by atoms with van der Waals surface area (Å²) in [5.41, 5.74) is -0.233. The lowest BCUT2D eigenvalue weighted by Gasteiger charge is -2.07. The van der Waals surface area contributed by atoms with Gasteiger partial charge in [-0.15, -0.1) is 21.5 Å². The number of nitrogens with zero attached hydrogens (tertiary/aromatic N) is 3. The van der Waals surface area contributed by atoms with E-state index < -0.39 is 17.4 Å². The van der Waals surface area contributed by atoms with Gasteiger partial charge in [0, 0.05) is 6.04 Å². The molecule has 4 nitrogen and oxygen atoms in total. The highest BCUT2D eigenvalue weighted by atomic mass is 32.2. The molecule has 25 heavy (non-hydrogen) atoms. The van der Waals surface area contributed by atoms with Gasteiger partial charge in [0.2, 0.25) is 0 Å². The van der Waals surface area contributed by atoms with Crippen LogP contribution in [0.3, 0.4) is 0 Å². The summed E-state index contributed by atoms with van der Waals surface area (Å²) in [7, 11) is 0. The van der Waals surface area contributed by atoms with Crippen LogP contribution in [0.4, 0.5) is 8.78 Å². The molecule has 0 amide bonds. The van der Waals surface area contributed by atoms with Crippen molar-refractivity contribution in [1.82, 2.24) is 14.8 Å². The zero-order valence-electron chi connectivity index (χ0n) is 13.0. The maximum absolute atomic E-state index is 13.7. The maximum atomic E-state index is 13.7. The minimum absolute atomic E-state index is 0.0182. The summed E-state index contributed by atoms with van der Waals surface area (Å²) < 4.78 is 29.0. The Hall–Kier alpha value is -2.06. The fraction of sp³-hybridized carbons (Fsp3) is 0.235. The predicted octanol–water partition coefficient (Wildman–Crippen LogP) is 4.59. The van der Waals surface area contributed by atoms with Crippen molar-refractivity contribution < 1.29 is 13.6 Å². The van der Waals surface area contributed by atoms with Crippen LogP contribution in [0.5, 0.6) is 0 Å². The molecule has 0 aliphatic heterocycles. The molecule has 0 atom stereocenters. The smallest absolute Gasteiger partial charge is 0.192 e. The topological polar surface area (TPSA) is 47.8 Å². The first-order valence-electron chi connectivity index (χ1n) is 7.73. The van der Waals surface area contributed by atoms with Gasteiger partial charge in [-0.05, 0) is 42.5 Å². The van der Waals surface area contributed by atoms with Crippen molar-refractivity contribution in [1.29, 1.82) is 0 Å². The summed E-state index contributed by atoms with van der Waals surface area (Å²) in [6, 6.07) is 7.17. The van der Waals surface area contributed by atoms with E-state index in [1.165, 1.54) is 11.8 Å². The number of halogens is 2. The van der Waals surface area contributed by atoms with Gasteiger partial charge in [0.05, 0.1) is 16.2 Å². The second-order valence-corrected chi connectivity index (χ2v) is 7.61. The van der Waals surface area contributed by atoms with Crippen molar-refractivity contribution in [2.24, 2.45) is 0 Å². The van der Waals surface area contributed by atoms with Crippen LogP contribution in [0, 0.1) is 11.6 Å². The largest absolute Gasteiger partial charge is 0.298 e. The molecule has 4 rings (SSSR count). The van der Waals surface area contributed by atoms with Crippen molar-refractivity contribution in [3.05, 3.63) is 52.9 Å². The molecular weight excluding hydrogens is 364 g/mol. The SMILES string of the molecule is O=C(CSc1nnc(-c2cccs2)n1C1CC1)c1cc(F)ccc1F. The molecule has 8 heteroatoms. The van der Waals surface area contributed by atoms with Gasteiger partial charge in [0.25, 0.3) is 0 Å². The Bertz CT molecular complexity index is 920. The van der Waals surface area contributed by atoms with E-state index in [1.54, 1.807) is 11.3 Å². The zero-order chi connectivity index (χ0) is 17.4. The monoisotopic (exact) mass is 377 g/mol. The molecule has 1 saturated carbocycles. The number of carbonyl (C=O) groups excluding carboxylic acids is 1. The third-order valence-electron chi connectivity index (χ3n) is 3.88. The molecular formula is C17H13F2N3OS2. The summed E-state index contributed by atoms with van der Waals surface area (Å²) in [4.78, 5) is 13.3. The Morgan fingerprint density at radius 3 is 2.84 bits per heavy atom. The Labute approximate surface area is 150 Å². The zero-order valence-corrected chi connectivity index (χ0v) is 14.6. The Kier molecular flexibility index (Phi) is 4.39. The van der Waals surface area contributed by atoms with E-state index in [9.17, 15) is 13.6 Å². The molecule has 2 aromatic heterocycles. The number of thiophene rings is 1.